The summed E-state index contributed by atoms with van der Waals surface area (Å²) in [6.45, 7) is 15.4. The van der Waals surface area contributed by atoms with E-state index < -0.39 is 0 Å². The first-order chi connectivity index (χ1) is 24.2. The molecule has 0 spiro atoms. The highest BCUT2D eigenvalue weighted by Gasteiger charge is 2.25. The minimum Gasteiger partial charge on any atom is -0.311 e. The van der Waals surface area contributed by atoms with Gasteiger partial charge in [-0.05, 0) is 72.8 Å². The standard InChI is InChI=1S/C44H27N5/c1-45-30-14-9-20-34(28-30)47(32-16-5-3-6-17-32)38-24-12-26-40-42(38)36-22-11-23-37-43-39(25-13-27-41(43)49(40)44(36)37)48(33-18-7-4-8-19-33)35-21-10-15-31(29-35)46-2/h3-29H. The third-order valence-corrected chi connectivity index (χ3v) is 9.27. The Bertz CT molecular complexity index is 2570. The van der Waals surface area contributed by atoms with Crippen LogP contribution in [0, 0.1) is 13.1 Å². The van der Waals surface area contributed by atoms with Gasteiger partial charge in [-0.15, -0.1) is 0 Å². The summed E-state index contributed by atoms with van der Waals surface area (Å²) >= 11 is 0. The number of nitrogens with zero attached hydrogens (tertiary/aromatic N) is 5. The van der Waals surface area contributed by atoms with Gasteiger partial charge in [0.15, 0.2) is 11.4 Å². The summed E-state index contributed by atoms with van der Waals surface area (Å²) in [6.07, 6.45) is 0. The van der Waals surface area contributed by atoms with Gasteiger partial charge in [0.05, 0.1) is 41.1 Å². The van der Waals surface area contributed by atoms with Crippen molar-refractivity contribution < 1.29 is 0 Å². The third-order valence-electron chi connectivity index (χ3n) is 9.27. The lowest BCUT2D eigenvalue weighted by molar-refractivity contribution is 1.29. The van der Waals surface area contributed by atoms with Crippen LogP contribution in [0.2, 0.25) is 0 Å². The minimum absolute atomic E-state index is 0.600. The molecule has 228 valence electrons. The number of rotatable bonds is 6. The first-order valence-electron chi connectivity index (χ1n) is 16.1. The predicted octanol–water partition coefficient (Wildman–Crippen LogP) is 12.9. The second kappa shape index (κ2) is 11.3. The van der Waals surface area contributed by atoms with Crippen LogP contribution in [0.1, 0.15) is 0 Å². The van der Waals surface area contributed by atoms with Crippen LogP contribution in [0.25, 0.3) is 47.8 Å². The van der Waals surface area contributed by atoms with Crippen molar-refractivity contribution in [2.75, 3.05) is 9.80 Å². The highest BCUT2D eigenvalue weighted by molar-refractivity contribution is 6.28. The van der Waals surface area contributed by atoms with E-state index >= 15 is 0 Å². The Hall–Kier alpha value is -7.08. The summed E-state index contributed by atoms with van der Waals surface area (Å²) in [5, 5.41) is 4.62. The van der Waals surface area contributed by atoms with E-state index in [1.54, 1.807) is 0 Å². The molecule has 5 nitrogen and oxygen atoms in total. The Labute approximate surface area is 283 Å². The Morgan fingerprint density at radius 2 is 0.816 bits per heavy atom. The second-order valence-electron chi connectivity index (χ2n) is 12.0. The van der Waals surface area contributed by atoms with Gasteiger partial charge in [0.2, 0.25) is 0 Å². The topological polar surface area (TPSA) is 19.6 Å². The van der Waals surface area contributed by atoms with Crippen molar-refractivity contribution in [1.29, 1.82) is 0 Å². The molecule has 9 aromatic rings. The Morgan fingerprint density at radius 3 is 1.27 bits per heavy atom. The van der Waals surface area contributed by atoms with Crippen LogP contribution in [0.5, 0.6) is 0 Å². The van der Waals surface area contributed by atoms with E-state index in [0.717, 1.165) is 66.7 Å². The molecule has 0 aliphatic carbocycles. The molecule has 7 aromatic carbocycles. The fourth-order valence-corrected chi connectivity index (χ4v) is 7.32. The van der Waals surface area contributed by atoms with Crippen molar-refractivity contribution in [3.63, 3.8) is 0 Å². The molecule has 2 aromatic heterocycles. The average Bonchev–Trinajstić information content (AvgIpc) is 3.70. The largest absolute Gasteiger partial charge is 0.311 e. The molecule has 5 heteroatoms. The molecule has 0 aliphatic heterocycles. The van der Waals surface area contributed by atoms with Crippen LogP contribution >= 0.6 is 0 Å². The lowest BCUT2D eigenvalue weighted by atomic mass is 10.0. The quantitative estimate of drug-likeness (QED) is 0.171. The zero-order chi connectivity index (χ0) is 32.9. The number of fused-ring (bicyclic) bond motifs is 6. The third kappa shape index (κ3) is 4.38. The van der Waals surface area contributed by atoms with Crippen molar-refractivity contribution in [1.82, 2.24) is 4.40 Å². The lowest BCUT2D eigenvalue weighted by Crippen LogP contribution is -2.10. The first kappa shape index (κ1) is 28.2. The monoisotopic (exact) mass is 625 g/mol. The number of aromatic nitrogens is 1. The van der Waals surface area contributed by atoms with Gasteiger partial charge in [-0.3, -0.25) is 0 Å². The minimum atomic E-state index is 0.600. The first-order valence-corrected chi connectivity index (χ1v) is 16.1. The van der Waals surface area contributed by atoms with Crippen LogP contribution in [-0.2, 0) is 0 Å². The van der Waals surface area contributed by atoms with E-state index in [-0.39, 0.29) is 0 Å². The van der Waals surface area contributed by atoms with Crippen LogP contribution in [0.3, 0.4) is 0 Å². The van der Waals surface area contributed by atoms with Gasteiger partial charge in [-0.1, -0.05) is 91.0 Å². The fourth-order valence-electron chi connectivity index (χ4n) is 7.32. The molecular formula is C44H27N5. The van der Waals surface area contributed by atoms with E-state index in [9.17, 15) is 0 Å². The molecule has 0 amide bonds. The normalized spacial score (nSPS) is 11.2. The predicted molar refractivity (Wildman–Crippen MR) is 203 cm³/mol. The van der Waals surface area contributed by atoms with Crippen molar-refractivity contribution in [3.8, 4) is 0 Å². The second-order valence-corrected chi connectivity index (χ2v) is 12.0. The molecule has 0 aliphatic rings. The zero-order valence-corrected chi connectivity index (χ0v) is 26.3. The van der Waals surface area contributed by atoms with Gasteiger partial charge >= 0.3 is 0 Å². The van der Waals surface area contributed by atoms with Crippen LogP contribution in [0.15, 0.2) is 164 Å². The van der Waals surface area contributed by atoms with Crippen molar-refractivity contribution in [3.05, 3.63) is 187 Å². The summed E-state index contributed by atoms with van der Waals surface area (Å²) in [4.78, 5) is 12.0. The van der Waals surface area contributed by atoms with E-state index in [2.05, 4.69) is 139 Å². The number of para-hydroxylation sites is 3. The van der Waals surface area contributed by atoms with E-state index in [1.165, 1.54) is 5.52 Å². The molecule has 0 atom stereocenters. The van der Waals surface area contributed by atoms with E-state index in [4.69, 9.17) is 13.1 Å². The molecule has 9 rings (SSSR count). The van der Waals surface area contributed by atoms with Gasteiger partial charge in [-0.2, -0.15) is 0 Å². The van der Waals surface area contributed by atoms with Crippen LogP contribution in [0.4, 0.5) is 45.5 Å². The summed E-state index contributed by atoms with van der Waals surface area (Å²) in [6, 6.07) is 56.0. The fraction of sp³-hybridized carbons (Fsp3) is 0. The van der Waals surface area contributed by atoms with Gasteiger partial charge < -0.3 is 14.2 Å². The van der Waals surface area contributed by atoms with Gasteiger partial charge in [0, 0.05) is 44.3 Å². The molecule has 0 fully saturated rings. The Morgan fingerprint density at radius 1 is 0.408 bits per heavy atom. The van der Waals surface area contributed by atoms with E-state index in [0.29, 0.717) is 11.4 Å². The van der Waals surface area contributed by atoms with Crippen LogP contribution < -0.4 is 9.80 Å². The van der Waals surface area contributed by atoms with Crippen molar-refractivity contribution >= 4 is 83.6 Å². The Kier molecular flexibility index (Phi) is 6.50. The Balaban J connectivity index is 1.36. The maximum Gasteiger partial charge on any atom is 0.189 e. The number of anilines is 6. The smallest absolute Gasteiger partial charge is 0.189 e. The number of hydrogen-bond donors (Lipinski definition) is 0. The molecule has 0 unspecified atom stereocenters. The molecule has 2 heterocycles. The van der Waals surface area contributed by atoms with Crippen LogP contribution in [-0.4, -0.2) is 4.40 Å². The summed E-state index contributed by atoms with van der Waals surface area (Å²) < 4.78 is 2.40. The van der Waals surface area contributed by atoms with Crippen molar-refractivity contribution in [2.24, 2.45) is 0 Å². The van der Waals surface area contributed by atoms with Gasteiger partial charge in [0.25, 0.3) is 0 Å². The summed E-state index contributed by atoms with van der Waals surface area (Å²) in [5.74, 6) is 0. The molecule has 0 N–H and O–H groups in total. The van der Waals surface area contributed by atoms with E-state index in [1.807, 2.05) is 48.5 Å². The molecule has 0 bridgehead atoms. The molecule has 0 radical (unpaired) electrons. The molecule has 0 saturated carbocycles. The average molecular weight is 626 g/mol. The highest BCUT2D eigenvalue weighted by atomic mass is 15.2. The van der Waals surface area contributed by atoms with Gasteiger partial charge in [-0.25, -0.2) is 9.69 Å². The maximum atomic E-state index is 7.70. The van der Waals surface area contributed by atoms with Gasteiger partial charge in [0.1, 0.15) is 0 Å². The zero-order valence-electron chi connectivity index (χ0n) is 26.3. The maximum absolute atomic E-state index is 7.70. The summed E-state index contributed by atoms with van der Waals surface area (Å²) in [5.41, 5.74) is 10.6. The molecule has 0 saturated heterocycles. The van der Waals surface area contributed by atoms with Crippen molar-refractivity contribution in [2.45, 2.75) is 0 Å². The number of benzene rings is 7. The summed E-state index contributed by atoms with van der Waals surface area (Å²) in [7, 11) is 0. The molecular weight excluding hydrogens is 599 g/mol. The number of hydrogen-bond acceptors (Lipinski definition) is 2. The lowest BCUT2D eigenvalue weighted by Gasteiger charge is -2.27. The SMILES string of the molecule is [C-]#[N+]c1cccc(N(c2ccccc2)c2cccc3c2c2cccc4c5c(N(c6ccccc6)c6cccc([N+]#[C-])c6)cccc5n3c24)c1. The molecule has 49 heavy (non-hydrogen) atoms. The highest BCUT2D eigenvalue weighted by Crippen LogP contribution is 2.49.